The molecule has 0 bridgehead atoms. The standard InChI is InChI=1S/C11H16N4O/c1-11(10(12)16)3-2-6-15(8-11)9-7-13-4-5-14-9/h4-5,7H,2-3,6,8H2,1H3,(H2,12,16)/t11-/m1/s1. The molecule has 1 fully saturated rings. The molecular weight excluding hydrogens is 204 g/mol. The number of anilines is 1. The maximum absolute atomic E-state index is 11.4. The van der Waals surface area contributed by atoms with Gasteiger partial charge in [-0.1, -0.05) is 0 Å². The van der Waals surface area contributed by atoms with Crippen molar-refractivity contribution in [3.8, 4) is 0 Å². The van der Waals surface area contributed by atoms with Gasteiger partial charge in [0.05, 0.1) is 11.6 Å². The van der Waals surface area contributed by atoms with Crippen LogP contribution < -0.4 is 10.6 Å². The minimum Gasteiger partial charge on any atom is -0.369 e. The van der Waals surface area contributed by atoms with E-state index in [4.69, 9.17) is 5.73 Å². The molecule has 1 atom stereocenters. The molecule has 0 aliphatic carbocycles. The molecule has 0 aromatic carbocycles. The fraction of sp³-hybridized carbons (Fsp3) is 0.545. The van der Waals surface area contributed by atoms with Crippen molar-refractivity contribution < 1.29 is 4.79 Å². The Morgan fingerprint density at radius 2 is 2.38 bits per heavy atom. The van der Waals surface area contributed by atoms with Crippen LogP contribution in [0.4, 0.5) is 5.82 Å². The van der Waals surface area contributed by atoms with Gasteiger partial charge in [0.1, 0.15) is 5.82 Å². The molecule has 2 heterocycles. The highest BCUT2D eigenvalue weighted by atomic mass is 16.1. The van der Waals surface area contributed by atoms with Crippen LogP contribution in [0.2, 0.25) is 0 Å². The molecule has 2 N–H and O–H groups in total. The SMILES string of the molecule is C[C@@]1(C(N)=O)CCCN(c2cnccn2)C1. The van der Waals surface area contributed by atoms with Crippen LogP contribution in [0.3, 0.4) is 0 Å². The number of carbonyl (C=O) groups excluding carboxylic acids is 1. The molecule has 0 spiro atoms. The first-order valence-corrected chi connectivity index (χ1v) is 5.43. The van der Waals surface area contributed by atoms with E-state index in [1.165, 1.54) is 0 Å². The number of carbonyl (C=O) groups is 1. The van der Waals surface area contributed by atoms with Crippen molar-refractivity contribution in [1.29, 1.82) is 0 Å². The van der Waals surface area contributed by atoms with E-state index < -0.39 is 5.41 Å². The summed E-state index contributed by atoms with van der Waals surface area (Å²) >= 11 is 0. The fourth-order valence-electron chi connectivity index (χ4n) is 2.09. The van der Waals surface area contributed by atoms with Gasteiger partial charge in [-0.15, -0.1) is 0 Å². The zero-order valence-corrected chi connectivity index (χ0v) is 9.39. The van der Waals surface area contributed by atoms with Gasteiger partial charge in [0.25, 0.3) is 0 Å². The number of nitrogens with zero attached hydrogens (tertiary/aromatic N) is 3. The number of amides is 1. The Balaban J connectivity index is 2.17. The van der Waals surface area contributed by atoms with E-state index in [2.05, 4.69) is 14.9 Å². The van der Waals surface area contributed by atoms with Crippen molar-refractivity contribution in [1.82, 2.24) is 9.97 Å². The van der Waals surface area contributed by atoms with Gasteiger partial charge in [-0.3, -0.25) is 9.78 Å². The van der Waals surface area contributed by atoms with Gasteiger partial charge in [-0.2, -0.15) is 0 Å². The van der Waals surface area contributed by atoms with Crippen molar-refractivity contribution in [3.05, 3.63) is 18.6 Å². The Morgan fingerprint density at radius 1 is 1.56 bits per heavy atom. The van der Waals surface area contributed by atoms with Crippen LogP contribution in [-0.4, -0.2) is 29.0 Å². The molecular formula is C11H16N4O. The second-order valence-electron chi connectivity index (χ2n) is 4.51. The minimum absolute atomic E-state index is 0.235. The van der Waals surface area contributed by atoms with E-state index in [-0.39, 0.29) is 5.91 Å². The van der Waals surface area contributed by atoms with Crippen LogP contribution in [0, 0.1) is 5.41 Å². The van der Waals surface area contributed by atoms with Crippen molar-refractivity contribution in [2.75, 3.05) is 18.0 Å². The molecule has 5 heteroatoms. The van der Waals surface area contributed by atoms with Gasteiger partial charge in [0.15, 0.2) is 0 Å². The van der Waals surface area contributed by atoms with Crippen LogP contribution in [0.5, 0.6) is 0 Å². The molecule has 1 amide bonds. The predicted octanol–water partition coefficient (Wildman–Crippen LogP) is 0.568. The topological polar surface area (TPSA) is 72.1 Å². The maximum Gasteiger partial charge on any atom is 0.225 e. The average Bonchev–Trinajstić information content (AvgIpc) is 2.30. The zero-order valence-electron chi connectivity index (χ0n) is 9.39. The first-order valence-electron chi connectivity index (χ1n) is 5.43. The quantitative estimate of drug-likeness (QED) is 0.790. The number of hydrogen-bond donors (Lipinski definition) is 1. The first kappa shape index (κ1) is 10.9. The molecule has 2 rings (SSSR count). The van der Waals surface area contributed by atoms with Gasteiger partial charge in [0, 0.05) is 25.5 Å². The number of aromatic nitrogens is 2. The molecule has 1 aliphatic heterocycles. The van der Waals surface area contributed by atoms with E-state index in [0.717, 1.165) is 25.2 Å². The lowest BCUT2D eigenvalue weighted by atomic mass is 9.81. The van der Waals surface area contributed by atoms with Crippen LogP contribution in [0.25, 0.3) is 0 Å². The summed E-state index contributed by atoms with van der Waals surface area (Å²) in [6.45, 7) is 3.44. The van der Waals surface area contributed by atoms with E-state index in [9.17, 15) is 4.79 Å². The number of piperidine rings is 1. The molecule has 1 aromatic heterocycles. The van der Waals surface area contributed by atoms with E-state index in [1.807, 2.05) is 6.92 Å². The molecule has 0 saturated carbocycles. The Bertz CT molecular complexity index is 381. The highest BCUT2D eigenvalue weighted by molar-refractivity contribution is 5.81. The monoisotopic (exact) mass is 220 g/mol. The summed E-state index contributed by atoms with van der Waals surface area (Å²) in [6.07, 6.45) is 6.81. The largest absolute Gasteiger partial charge is 0.369 e. The summed E-state index contributed by atoms with van der Waals surface area (Å²) < 4.78 is 0. The molecule has 0 radical (unpaired) electrons. The number of nitrogens with two attached hydrogens (primary N) is 1. The second-order valence-corrected chi connectivity index (χ2v) is 4.51. The Labute approximate surface area is 94.7 Å². The average molecular weight is 220 g/mol. The van der Waals surface area contributed by atoms with Crippen LogP contribution in [-0.2, 0) is 4.79 Å². The van der Waals surface area contributed by atoms with Gasteiger partial charge in [-0.25, -0.2) is 4.98 Å². The molecule has 16 heavy (non-hydrogen) atoms. The Hall–Kier alpha value is -1.65. The van der Waals surface area contributed by atoms with E-state index in [1.54, 1.807) is 18.6 Å². The molecule has 0 unspecified atom stereocenters. The summed E-state index contributed by atoms with van der Waals surface area (Å²) in [6, 6.07) is 0. The van der Waals surface area contributed by atoms with Gasteiger partial charge in [0.2, 0.25) is 5.91 Å². The molecule has 5 nitrogen and oxygen atoms in total. The third-order valence-electron chi connectivity index (χ3n) is 3.16. The van der Waals surface area contributed by atoms with Crippen LogP contribution in [0.15, 0.2) is 18.6 Å². The minimum atomic E-state index is -0.449. The summed E-state index contributed by atoms with van der Waals surface area (Å²) in [4.78, 5) is 21.8. The Morgan fingerprint density at radius 3 is 3.00 bits per heavy atom. The molecule has 86 valence electrons. The lowest BCUT2D eigenvalue weighted by molar-refractivity contribution is -0.127. The summed E-state index contributed by atoms with van der Waals surface area (Å²) in [5.41, 5.74) is 4.99. The van der Waals surface area contributed by atoms with Crippen LogP contribution in [0.1, 0.15) is 19.8 Å². The number of primary amides is 1. The normalized spacial score (nSPS) is 25.4. The Kier molecular flexibility index (Phi) is 2.77. The highest BCUT2D eigenvalue weighted by Crippen LogP contribution is 2.30. The lowest BCUT2D eigenvalue weighted by Gasteiger charge is -2.38. The number of hydrogen-bond acceptors (Lipinski definition) is 4. The van der Waals surface area contributed by atoms with Gasteiger partial charge < -0.3 is 10.6 Å². The highest BCUT2D eigenvalue weighted by Gasteiger charge is 2.36. The summed E-state index contributed by atoms with van der Waals surface area (Å²) in [7, 11) is 0. The van der Waals surface area contributed by atoms with E-state index >= 15 is 0 Å². The van der Waals surface area contributed by atoms with Gasteiger partial charge >= 0.3 is 0 Å². The maximum atomic E-state index is 11.4. The van der Waals surface area contributed by atoms with Crippen molar-refractivity contribution >= 4 is 11.7 Å². The third kappa shape index (κ3) is 1.98. The summed E-state index contributed by atoms with van der Waals surface area (Å²) in [5, 5.41) is 0. The third-order valence-corrected chi connectivity index (χ3v) is 3.16. The van der Waals surface area contributed by atoms with Crippen molar-refractivity contribution in [2.24, 2.45) is 11.1 Å². The fourth-order valence-corrected chi connectivity index (χ4v) is 2.09. The molecule has 1 aliphatic rings. The molecule has 1 aromatic rings. The van der Waals surface area contributed by atoms with Gasteiger partial charge in [-0.05, 0) is 19.8 Å². The lowest BCUT2D eigenvalue weighted by Crippen LogP contribution is -2.49. The van der Waals surface area contributed by atoms with E-state index in [0.29, 0.717) is 6.54 Å². The zero-order chi connectivity index (χ0) is 11.6. The molecule has 1 saturated heterocycles. The predicted molar refractivity (Wildman–Crippen MR) is 60.8 cm³/mol. The first-order chi connectivity index (χ1) is 7.62. The van der Waals surface area contributed by atoms with Crippen LogP contribution >= 0.6 is 0 Å². The number of rotatable bonds is 2. The smallest absolute Gasteiger partial charge is 0.225 e. The van der Waals surface area contributed by atoms with Crippen molar-refractivity contribution in [2.45, 2.75) is 19.8 Å². The second kappa shape index (κ2) is 4.08. The summed E-state index contributed by atoms with van der Waals surface area (Å²) in [5.74, 6) is 0.579. The van der Waals surface area contributed by atoms with Crippen molar-refractivity contribution in [3.63, 3.8) is 0 Å².